The van der Waals surface area contributed by atoms with Crippen molar-refractivity contribution in [2.45, 2.75) is 39.7 Å². The van der Waals surface area contributed by atoms with Crippen molar-refractivity contribution in [3.63, 3.8) is 0 Å². The second-order valence-electron chi connectivity index (χ2n) is 19.1. The third-order valence-electron chi connectivity index (χ3n) is 12.1. The summed E-state index contributed by atoms with van der Waals surface area (Å²) in [5.74, 6) is -10.3. The Morgan fingerprint density at radius 1 is 0.427 bits per heavy atom. The SMILES string of the molecule is C.Cl.NCc1cncc(F)c1.NO.O/N=C/c1cncc(F)c1.O=Cc1cncc(F)c1.O=[N+]([O-])c1cc(F)c(CCc2cncc(F)c2)cc1F.O=[N+]([O-])c1cc(F)c(F)cc1CCc1cncc(F)c1.O=[N+]([O-])c1cc(F)c(F)cc1F.On1c(-c2cncc(F)c2)nc2cc(F)c(F)cc21. The van der Waals surface area contributed by atoms with Crippen molar-refractivity contribution in [3.05, 3.63) is 316 Å². The number of nitrogens with two attached hydrogens (primary N) is 2. The van der Waals surface area contributed by atoms with Crippen LogP contribution in [0.25, 0.3) is 22.4 Å². The average molecular weight is 1480 g/mol. The lowest BCUT2D eigenvalue weighted by Crippen LogP contribution is -2.01. The number of benzene rings is 4. The molecule has 544 valence electrons. The monoisotopic (exact) mass is 1480 g/mol. The van der Waals surface area contributed by atoms with Crippen molar-refractivity contribution in [1.82, 2.24) is 39.6 Å². The van der Waals surface area contributed by atoms with Crippen LogP contribution in [0.2, 0.25) is 0 Å². The van der Waals surface area contributed by atoms with Crippen LogP contribution in [0.5, 0.6) is 0 Å². The number of nitrogens with zero attached hydrogens (tertiary/aromatic N) is 12. The zero-order valence-corrected chi connectivity index (χ0v) is 51.8. The van der Waals surface area contributed by atoms with E-state index in [9.17, 15) is 106 Å². The molecule has 0 aliphatic carbocycles. The van der Waals surface area contributed by atoms with Crippen molar-refractivity contribution in [1.29, 1.82) is 0 Å². The fourth-order valence-corrected chi connectivity index (χ4v) is 7.66. The summed E-state index contributed by atoms with van der Waals surface area (Å²) in [5.41, 5.74) is 5.48. The van der Waals surface area contributed by atoms with Crippen LogP contribution in [0.3, 0.4) is 0 Å². The summed E-state index contributed by atoms with van der Waals surface area (Å²) in [4.78, 5) is 63.7. The number of aryl methyl sites for hydroxylation is 4. The number of carbonyl (C=O) groups excluding carboxylic acids is 1. The van der Waals surface area contributed by atoms with Gasteiger partial charge in [0.05, 0.1) is 81.9 Å². The normalized spacial score (nSPS) is 10.0. The number of imidazole rings is 1. The van der Waals surface area contributed by atoms with E-state index >= 15 is 0 Å². The molecule has 0 aliphatic heterocycles. The number of oxime groups is 1. The van der Waals surface area contributed by atoms with Crippen molar-refractivity contribution in [2.75, 3.05) is 0 Å². The zero-order chi connectivity index (χ0) is 75.0. The lowest BCUT2D eigenvalue weighted by atomic mass is 10.0. The number of rotatable bonds is 13. The predicted octanol–water partition coefficient (Wildman–Crippen LogP) is 14.3. The van der Waals surface area contributed by atoms with Crippen LogP contribution in [-0.4, -0.2) is 82.5 Å². The third-order valence-corrected chi connectivity index (χ3v) is 12.1. The van der Waals surface area contributed by atoms with E-state index in [2.05, 4.69) is 45.9 Å². The van der Waals surface area contributed by atoms with E-state index in [1.165, 1.54) is 55.2 Å². The number of carbonyl (C=O) groups is 1. The number of nitro groups is 3. The summed E-state index contributed by atoms with van der Waals surface area (Å²) in [6, 6.07) is 12.0. The molecule has 0 radical (unpaired) electrons. The van der Waals surface area contributed by atoms with Gasteiger partial charge in [0, 0.05) is 84.2 Å². The maximum absolute atomic E-state index is 13.6. The number of pyridine rings is 6. The zero-order valence-electron chi connectivity index (χ0n) is 51.0. The summed E-state index contributed by atoms with van der Waals surface area (Å²) in [6.07, 6.45) is 17.0. The van der Waals surface area contributed by atoms with Gasteiger partial charge in [-0.25, -0.2) is 68.0 Å². The van der Waals surface area contributed by atoms with Crippen LogP contribution in [-0.2, 0) is 32.2 Å². The van der Waals surface area contributed by atoms with Crippen LogP contribution in [0.4, 0.5) is 82.9 Å². The first-order valence-corrected chi connectivity index (χ1v) is 27.3. The summed E-state index contributed by atoms with van der Waals surface area (Å²) in [6.45, 7) is 0.338. The second-order valence-corrected chi connectivity index (χ2v) is 19.1. The molecule has 103 heavy (non-hydrogen) atoms. The number of aromatic nitrogens is 8. The highest BCUT2D eigenvalue weighted by molar-refractivity contribution is 5.85. The van der Waals surface area contributed by atoms with Gasteiger partial charge in [-0.2, -0.15) is 13.5 Å². The first kappa shape index (κ1) is 86.6. The second kappa shape index (κ2) is 43.1. The standard InChI is InChI=1S/2C13H9F3N2O2.C12H6F3N3O.C6H2F3NO2.C6H5FN2O.C6H7FN2.C6H4FNO.CH4.ClH.H3NO/c14-10-3-8(6-17-7-10)1-2-9-4-12(16)13(18(19)20)5-11(9)15;14-10-3-8(6-17-7-10)1-2-9-4-11(15)12(16)5-13(9)18(19)20;13-7-1-6(4-16-5-7)12-17-10-2-8(14)9(15)3-11(10)18(12)19;7-3-1-5(9)6(10(11)12)2-4(3)8;7-6-1-5(3-9-10)2-8-4-6;7-6-1-5(2-8)3-9-4-6;7-6-1-5(4-9)2-8-3-6;;;1-2/h2*3-7H,1-2H2;1-5,19H;1-2H;1-4,10H;1,3-4H,2,8H2;1-4H;1H4;1H;2H,1H2/b;;;;9-3+;;;;;. The first-order chi connectivity index (χ1) is 48.0. The van der Waals surface area contributed by atoms with Crippen LogP contribution in [0.1, 0.15) is 51.2 Å². The number of aldehydes is 1. The van der Waals surface area contributed by atoms with Crippen molar-refractivity contribution < 1.29 is 101 Å². The van der Waals surface area contributed by atoms with Gasteiger partial charge < -0.3 is 21.4 Å². The minimum absolute atomic E-state index is 0. The molecule has 7 heterocycles. The van der Waals surface area contributed by atoms with E-state index < -0.39 is 113 Å². The van der Waals surface area contributed by atoms with Gasteiger partial charge in [-0.3, -0.25) is 65.0 Å². The Morgan fingerprint density at radius 2 is 0.796 bits per heavy atom. The van der Waals surface area contributed by atoms with E-state index in [0.29, 0.717) is 46.4 Å². The van der Waals surface area contributed by atoms with Gasteiger partial charge in [0.1, 0.15) is 46.2 Å². The Morgan fingerprint density at radius 3 is 1.24 bits per heavy atom. The van der Waals surface area contributed by atoms with Crippen LogP contribution >= 0.6 is 12.4 Å². The average Bonchev–Trinajstić information content (AvgIpc) is 1.65. The molecular formula is C63H50ClF15N14O10. The molecule has 7 N–H and O–H groups in total. The molecule has 0 saturated carbocycles. The third kappa shape index (κ3) is 28.0. The molecule has 0 amide bonds. The molecule has 0 fully saturated rings. The smallest absolute Gasteiger partial charge is 0.307 e. The van der Waals surface area contributed by atoms with Gasteiger partial charge >= 0.3 is 11.4 Å². The quantitative estimate of drug-likeness (QED) is 0.0105. The van der Waals surface area contributed by atoms with E-state index in [4.69, 9.17) is 16.1 Å². The Bertz CT molecular complexity index is 4700. The Balaban J connectivity index is 0.000000415. The molecule has 7 aromatic heterocycles. The number of nitro benzene ring substituents is 3. The molecule has 11 aromatic rings. The summed E-state index contributed by atoms with van der Waals surface area (Å²) in [7, 11) is 0. The minimum atomic E-state index is -1.45. The molecule has 0 saturated heterocycles. The number of hydrogen-bond acceptors (Lipinski definition) is 20. The van der Waals surface area contributed by atoms with Gasteiger partial charge in [0.25, 0.3) is 5.69 Å². The molecule has 0 spiro atoms. The fraction of sp³-hybridized carbons (Fsp3) is 0.0952. The highest BCUT2D eigenvalue weighted by Crippen LogP contribution is 2.28. The summed E-state index contributed by atoms with van der Waals surface area (Å²) in [5, 5.41) is 58.3. The van der Waals surface area contributed by atoms with Gasteiger partial charge in [-0.15, -0.1) is 12.4 Å². The van der Waals surface area contributed by atoms with E-state index in [1.54, 1.807) is 6.20 Å². The maximum Gasteiger partial charge on any atom is 0.307 e. The minimum Gasteiger partial charge on any atom is -0.426 e. The Kier molecular flexibility index (Phi) is 36.3. The van der Waals surface area contributed by atoms with Crippen molar-refractivity contribution in [3.8, 4) is 11.4 Å². The number of halogens is 16. The fourth-order valence-electron chi connectivity index (χ4n) is 7.66. The summed E-state index contributed by atoms with van der Waals surface area (Å²) < 4.78 is 192. The molecule has 4 aromatic carbocycles. The van der Waals surface area contributed by atoms with Crippen molar-refractivity contribution >= 4 is 53.0 Å². The van der Waals surface area contributed by atoms with Gasteiger partial charge in [-0.05, 0) is 96.5 Å². The van der Waals surface area contributed by atoms with Crippen LogP contribution in [0.15, 0.2) is 164 Å². The van der Waals surface area contributed by atoms with Crippen LogP contribution < -0.4 is 11.6 Å². The highest BCUT2D eigenvalue weighted by Gasteiger charge is 2.22. The lowest BCUT2D eigenvalue weighted by Gasteiger charge is -2.04. The van der Waals surface area contributed by atoms with Crippen LogP contribution in [0, 0.1) is 118 Å². The maximum atomic E-state index is 13.6. The lowest BCUT2D eigenvalue weighted by molar-refractivity contribution is -0.387. The highest BCUT2D eigenvalue weighted by atomic mass is 35.5. The van der Waals surface area contributed by atoms with Gasteiger partial charge in [0.2, 0.25) is 11.6 Å². The van der Waals surface area contributed by atoms with Gasteiger partial charge in [0.15, 0.2) is 47.0 Å². The molecule has 0 atom stereocenters. The number of hydrogen-bond donors (Lipinski definition) is 5. The van der Waals surface area contributed by atoms with E-state index in [0.717, 1.165) is 85.4 Å². The molecule has 0 aliphatic rings. The molecular weight excluding hydrogens is 1430 g/mol. The van der Waals surface area contributed by atoms with Crippen molar-refractivity contribution in [2.24, 2.45) is 16.8 Å². The predicted molar refractivity (Wildman–Crippen MR) is 337 cm³/mol. The van der Waals surface area contributed by atoms with E-state index in [1.807, 2.05) is 0 Å². The Labute approximate surface area is 575 Å². The molecule has 11 rings (SSSR count). The largest absolute Gasteiger partial charge is 0.426 e. The summed E-state index contributed by atoms with van der Waals surface area (Å²) >= 11 is 0. The molecule has 40 heteroatoms. The molecule has 0 unspecified atom stereocenters. The Hall–Kier alpha value is -12.5. The number of fused-ring (bicyclic) bond motifs is 1. The molecule has 24 nitrogen and oxygen atoms in total. The molecule has 0 bridgehead atoms. The first-order valence-electron chi connectivity index (χ1n) is 27.3. The van der Waals surface area contributed by atoms with E-state index in [-0.39, 0.29) is 103 Å². The topological polar surface area (TPSA) is 367 Å². The van der Waals surface area contributed by atoms with Gasteiger partial charge in [-0.1, -0.05) is 12.6 Å².